The number of fused-ring (bicyclic) bond motifs is 1. The maximum Gasteiger partial charge on any atom is 0.131 e. The Morgan fingerprint density at radius 3 is 2.79 bits per heavy atom. The van der Waals surface area contributed by atoms with Gasteiger partial charge in [0.1, 0.15) is 5.84 Å². The highest BCUT2D eigenvalue weighted by Crippen LogP contribution is 2.30. The highest BCUT2D eigenvalue weighted by molar-refractivity contribution is 9.11. The molecule has 1 aromatic carbocycles. The summed E-state index contributed by atoms with van der Waals surface area (Å²) >= 11 is 6.93. The van der Waals surface area contributed by atoms with Crippen molar-refractivity contribution in [2.24, 2.45) is 10.7 Å². The van der Waals surface area contributed by atoms with E-state index in [1.165, 1.54) is 0 Å². The second-order valence-electron chi connectivity index (χ2n) is 3.15. The number of nitrogens with zero attached hydrogens (tertiary/aromatic N) is 1. The fourth-order valence-electron chi connectivity index (χ4n) is 1.49. The fraction of sp³-hybridized carbons (Fsp3) is 0.100. The van der Waals surface area contributed by atoms with Crippen LogP contribution in [0.15, 0.2) is 38.3 Å². The van der Waals surface area contributed by atoms with Crippen molar-refractivity contribution in [3.05, 3.63) is 44.5 Å². The molecular weight excluding hydrogens is 308 g/mol. The molecule has 1 heterocycles. The van der Waals surface area contributed by atoms with Crippen LogP contribution in [0.1, 0.15) is 11.1 Å². The predicted molar refractivity (Wildman–Crippen MR) is 65.4 cm³/mol. The first-order valence-electron chi connectivity index (χ1n) is 4.08. The summed E-state index contributed by atoms with van der Waals surface area (Å²) in [6, 6.07) is 3.98. The lowest BCUT2D eigenvalue weighted by atomic mass is 10.00. The largest absolute Gasteiger partial charge is 0.383 e. The van der Waals surface area contributed by atoms with Crippen LogP contribution >= 0.6 is 31.9 Å². The number of rotatable bonds is 0. The summed E-state index contributed by atoms with van der Waals surface area (Å²) in [6.45, 7) is 3.83. The van der Waals surface area contributed by atoms with Gasteiger partial charge >= 0.3 is 0 Å². The Bertz CT molecular complexity index is 450. The molecule has 0 unspecified atom stereocenters. The Morgan fingerprint density at radius 1 is 1.36 bits per heavy atom. The molecule has 72 valence electrons. The van der Waals surface area contributed by atoms with E-state index in [1.807, 2.05) is 12.1 Å². The molecule has 4 heteroatoms. The zero-order valence-electron chi connectivity index (χ0n) is 7.35. The molecular formula is C10H8Br2N2. The van der Waals surface area contributed by atoms with Crippen molar-refractivity contribution in [2.45, 2.75) is 6.42 Å². The molecule has 0 saturated heterocycles. The van der Waals surface area contributed by atoms with Gasteiger partial charge in [0, 0.05) is 26.6 Å². The first-order chi connectivity index (χ1) is 6.58. The SMILES string of the molecule is C=C1Cc2c(Br)cc(Br)cc2C(N)=N1. The van der Waals surface area contributed by atoms with Crippen LogP contribution in [0.25, 0.3) is 0 Å². The molecule has 0 fully saturated rings. The minimum atomic E-state index is 0.540. The molecule has 2 nitrogen and oxygen atoms in total. The molecule has 2 rings (SSSR count). The zero-order valence-corrected chi connectivity index (χ0v) is 10.5. The second kappa shape index (κ2) is 3.51. The van der Waals surface area contributed by atoms with Gasteiger partial charge in [-0.25, -0.2) is 4.99 Å². The summed E-state index contributed by atoms with van der Waals surface area (Å²) in [4.78, 5) is 4.16. The Kier molecular flexibility index (Phi) is 2.49. The van der Waals surface area contributed by atoms with Crippen LogP contribution in [0, 0.1) is 0 Å². The minimum absolute atomic E-state index is 0.540. The summed E-state index contributed by atoms with van der Waals surface area (Å²) in [5, 5.41) is 0. The van der Waals surface area contributed by atoms with Crippen molar-refractivity contribution in [3.8, 4) is 0 Å². The summed E-state index contributed by atoms with van der Waals surface area (Å²) < 4.78 is 2.04. The standard InChI is InChI=1S/C10H8Br2N2/c1-5-2-7-8(10(13)14-5)3-6(11)4-9(7)12/h3-4H,1-2H2,(H2,13,14). The van der Waals surface area contributed by atoms with Crippen LogP contribution < -0.4 is 5.73 Å². The molecule has 1 aromatic rings. The highest BCUT2D eigenvalue weighted by atomic mass is 79.9. The maximum absolute atomic E-state index is 5.82. The highest BCUT2D eigenvalue weighted by Gasteiger charge is 2.16. The molecule has 2 N–H and O–H groups in total. The predicted octanol–water partition coefficient (Wildman–Crippen LogP) is 2.99. The first-order valence-corrected chi connectivity index (χ1v) is 5.67. The Hall–Kier alpha value is -0.610. The lowest BCUT2D eigenvalue weighted by Gasteiger charge is -2.17. The van der Waals surface area contributed by atoms with Crippen LogP contribution in [0.5, 0.6) is 0 Å². The van der Waals surface area contributed by atoms with Gasteiger partial charge in [-0.2, -0.15) is 0 Å². The van der Waals surface area contributed by atoms with Crippen molar-refractivity contribution in [3.63, 3.8) is 0 Å². The van der Waals surface area contributed by atoms with Gasteiger partial charge in [-0.05, 0) is 17.7 Å². The molecule has 0 aliphatic carbocycles. The van der Waals surface area contributed by atoms with E-state index in [2.05, 4.69) is 43.4 Å². The van der Waals surface area contributed by atoms with Crippen molar-refractivity contribution in [1.29, 1.82) is 0 Å². The zero-order chi connectivity index (χ0) is 10.3. The van der Waals surface area contributed by atoms with Crippen molar-refractivity contribution >= 4 is 37.7 Å². The normalized spacial score (nSPS) is 15.0. The number of hydrogen-bond donors (Lipinski definition) is 1. The third-order valence-corrected chi connectivity index (χ3v) is 3.26. The van der Waals surface area contributed by atoms with E-state index in [1.54, 1.807) is 0 Å². The Labute approximate surface area is 99.2 Å². The number of amidine groups is 1. The molecule has 0 spiro atoms. The van der Waals surface area contributed by atoms with Crippen LogP contribution in [0.4, 0.5) is 0 Å². The van der Waals surface area contributed by atoms with Crippen LogP contribution in [0.2, 0.25) is 0 Å². The average Bonchev–Trinajstić information content (AvgIpc) is 2.07. The van der Waals surface area contributed by atoms with Crippen molar-refractivity contribution in [2.75, 3.05) is 0 Å². The quantitative estimate of drug-likeness (QED) is 0.785. The van der Waals surface area contributed by atoms with Gasteiger partial charge in [0.2, 0.25) is 0 Å². The number of halogens is 2. The van der Waals surface area contributed by atoms with E-state index >= 15 is 0 Å². The van der Waals surface area contributed by atoms with Crippen LogP contribution in [-0.4, -0.2) is 5.84 Å². The van der Waals surface area contributed by atoms with Gasteiger partial charge in [-0.3, -0.25) is 0 Å². The lowest BCUT2D eigenvalue weighted by Crippen LogP contribution is -2.20. The Morgan fingerprint density at radius 2 is 2.07 bits per heavy atom. The summed E-state index contributed by atoms with van der Waals surface area (Å²) in [5.41, 5.74) is 8.77. The van der Waals surface area contributed by atoms with Crippen molar-refractivity contribution < 1.29 is 0 Å². The van der Waals surface area contributed by atoms with E-state index in [9.17, 15) is 0 Å². The van der Waals surface area contributed by atoms with Gasteiger partial charge in [0.25, 0.3) is 0 Å². The second-order valence-corrected chi connectivity index (χ2v) is 4.92. The molecule has 1 aliphatic rings. The monoisotopic (exact) mass is 314 g/mol. The van der Waals surface area contributed by atoms with E-state index in [4.69, 9.17) is 5.73 Å². The molecule has 0 bridgehead atoms. The van der Waals surface area contributed by atoms with Crippen LogP contribution in [0.3, 0.4) is 0 Å². The van der Waals surface area contributed by atoms with Crippen LogP contribution in [-0.2, 0) is 6.42 Å². The minimum Gasteiger partial charge on any atom is -0.383 e. The fourth-order valence-corrected chi connectivity index (χ4v) is 2.85. The molecule has 1 aliphatic heterocycles. The molecule has 0 radical (unpaired) electrons. The van der Waals surface area contributed by atoms with Gasteiger partial charge < -0.3 is 5.73 Å². The molecule has 0 amide bonds. The number of nitrogens with two attached hydrogens (primary N) is 1. The van der Waals surface area contributed by atoms with Gasteiger partial charge in [0.15, 0.2) is 0 Å². The summed E-state index contributed by atoms with van der Waals surface area (Å²) in [5.74, 6) is 0.540. The van der Waals surface area contributed by atoms with Gasteiger partial charge in [-0.15, -0.1) is 0 Å². The average molecular weight is 316 g/mol. The number of hydrogen-bond acceptors (Lipinski definition) is 2. The van der Waals surface area contributed by atoms with E-state index < -0.39 is 0 Å². The third-order valence-electron chi connectivity index (χ3n) is 2.10. The molecule has 0 atom stereocenters. The van der Waals surface area contributed by atoms with Gasteiger partial charge in [0.05, 0.1) is 0 Å². The Balaban J connectivity index is 2.69. The molecule has 0 aromatic heterocycles. The van der Waals surface area contributed by atoms with E-state index in [0.29, 0.717) is 5.84 Å². The third kappa shape index (κ3) is 1.64. The maximum atomic E-state index is 5.82. The molecule has 14 heavy (non-hydrogen) atoms. The topological polar surface area (TPSA) is 38.4 Å². The van der Waals surface area contributed by atoms with Crippen molar-refractivity contribution in [1.82, 2.24) is 0 Å². The smallest absolute Gasteiger partial charge is 0.131 e. The number of allylic oxidation sites excluding steroid dienone is 1. The number of benzene rings is 1. The lowest BCUT2D eigenvalue weighted by molar-refractivity contribution is 1.07. The summed E-state index contributed by atoms with van der Waals surface area (Å²) in [6.07, 6.45) is 0.754. The first kappa shape index (κ1) is 9.93. The molecule has 0 saturated carbocycles. The van der Waals surface area contributed by atoms with Gasteiger partial charge in [-0.1, -0.05) is 38.4 Å². The van der Waals surface area contributed by atoms with E-state index in [-0.39, 0.29) is 0 Å². The summed E-state index contributed by atoms with van der Waals surface area (Å²) in [7, 11) is 0. The van der Waals surface area contributed by atoms with E-state index in [0.717, 1.165) is 32.2 Å². The number of aliphatic imine (C=N–C) groups is 1.